The molecule has 2 N–H and O–H groups in total. The van der Waals surface area contributed by atoms with Crippen LogP contribution in [-0.4, -0.2) is 55.7 Å². The van der Waals surface area contributed by atoms with Gasteiger partial charge in [0.1, 0.15) is 12.4 Å². The van der Waals surface area contributed by atoms with Crippen LogP contribution in [0.15, 0.2) is 24.3 Å². The minimum atomic E-state index is 0.583. The molecular formula is C17H29N3O. The van der Waals surface area contributed by atoms with Crippen LogP contribution in [0.4, 0.5) is 0 Å². The van der Waals surface area contributed by atoms with Crippen molar-refractivity contribution in [3.05, 3.63) is 29.8 Å². The molecule has 1 fully saturated rings. The number of hydrogen-bond acceptors (Lipinski definition) is 4. The predicted octanol–water partition coefficient (Wildman–Crippen LogP) is 1.94. The third-order valence-corrected chi connectivity index (χ3v) is 4.50. The van der Waals surface area contributed by atoms with Gasteiger partial charge in [0.05, 0.1) is 0 Å². The van der Waals surface area contributed by atoms with Gasteiger partial charge in [0.15, 0.2) is 0 Å². The van der Waals surface area contributed by atoms with Crippen LogP contribution in [0.25, 0.3) is 0 Å². The maximum Gasteiger partial charge on any atom is 0.119 e. The molecule has 0 unspecified atom stereocenters. The minimum Gasteiger partial charge on any atom is -0.492 e. The lowest BCUT2D eigenvalue weighted by Crippen LogP contribution is -2.44. The van der Waals surface area contributed by atoms with Crippen molar-refractivity contribution in [1.82, 2.24) is 9.80 Å². The Kier molecular flexibility index (Phi) is 6.49. The van der Waals surface area contributed by atoms with Gasteiger partial charge in [-0.25, -0.2) is 0 Å². The largest absolute Gasteiger partial charge is 0.492 e. The number of hydrogen-bond donors (Lipinski definition) is 1. The van der Waals surface area contributed by atoms with Gasteiger partial charge in [0, 0.05) is 19.1 Å². The topological polar surface area (TPSA) is 41.7 Å². The molecule has 0 radical (unpaired) electrons. The number of rotatable bonds is 7. The molecule has 0 spiro atoms. The van der Waals surface area contributed by atoms with Crippen LogP contribution < -0.4 is 10.5 Å². The highest BCUT2D eigenvalue weighted by molar-refractivity contribution is 5.27. The standard InChI is InChI=1S/C17H29N3O/c1-3-20-10-8-16(9-11-20)19(2)12-13-21-17-6-4-15(14-18)5-7-17/h4-7,16H,3,8-14,18H2,1-2H3. The summed E-state index contributed by atoms with van der Waals surface area (Å²) in [5.74, 6) is 0.932. The third kappa shape index (κ3) is 4.99. The second-order valence-electron chi connectivity index (χ2n) is 5.84. The number of benzene rings is 1. The summed E-state index contributed by atoms with van der Waals surface area (Å²) in [6.07, 6.45) is 2.55. The fourth-order valence-electron chi connectivity index (χ4n) is 2.89. The van der Waals surface area contributed by atoms with Gasteiger partial charge in [0.2, 0.25) is 0 Å². The van der Waals surface area contributed by atoms with Crippen molar-refractivity contribution in [3.8, 4) is 5.75 Å². The maximum absolute atomic E-state index is 5.82. The van der Waals surface area contributed by atoms with E-state index in [2.05, 4.69) is 23.8 Å². The van der Waals surface area contributed by atoms with Gasteiger partial charge in [-0.2, -0.15) is 0 Å². The van der Waals surface area contributed by atoms with Crippen molar-refractivity contribution in [2.45, 2.75) is 32.4 Å². The molecule has 0 aromatic heterocycles. The lowest BCUT2D eigenvalue weighted by Gasteiger charge is -2.36. The molecule has 1 aromatic carbocycles. The molecule has 0 aliphatic carbocycles. The smallest absolute Gasteiger partial charge is 0.119 e. The average Bonchev–Trinajstić information content (AvgIpc) is 2.55. The minimum absolute atomic E-state index is 0.583. The van der Waals surface area contributed by atoms with E-state index in [1.165, 1.54) is 32.5 Å². The molecule has 0 bridgehead atoms. The summed E-state index contributed by atoms with van der Waals surface area (Å²) < 4.78 is 5.82. The van der Waals surface area contributed by atoms with Crippen molar-refractivity contribution in [2.75, 3.05) is 39.8 Å². The summed E-state index contributed by atoms with van der Waals surface area (Å²) in [6, 6.07) is 8.76. The highest BCUT2D eigenvalue weighted by atomic mass is 16.5. The number of likely N-dealkylation sites (N-methyl/N-ethyl adjacent to an activating group) is 1. The first-order valence-corrected chi connectivity index (χ1v) is 8.07. The average molecular weight is 291 g/mol. The first-order chi connectivity index (χ1) is 10.2. The zero-order valence-corrected chi connectivity index (χ0v) is 13.4. The van der Waals surface area contributed by atoms with E-state index >= 15 is 0 Å². The van der Waals surface area contributed by atoms with Gasteiger partial charge < -0.3 is 15.4 Å². The fraction of sp³-hybridized carbons (Fsp3) is 0.647. The highest BCUT2D eigenvalue weighted by Crippen LogP contribution is 2.15. The molecule has 4 nitrogen and oxygen atoms in total. The van der Waals surface area contributed by atoms with E-state index in [4.69, 9.17) is 10.5 Å². The number of nitrogens with two attached hydrogens (primary N) is 1. The van der Waals surface area contributed by atoms with Gasteiger partial charge in [0.25, 0.3) is 0 Å². The Morgan fingerprint density at radius 3 is 2.48 bits per heavy atom. The van der Waals surface area contributed by atoms with Gasteiger partial charge in [-0.15, -0.1) is 0 Å². The first kappa shape index (κ1) is 16.3. The van der Waals surface area contributed by atoms with Crippen molar-refractivity contribution in [2.24, 2.45) is 5.73 Å². The Balaban J connectivity index is 1.68. The molecule has 2 rings (SSSR count). The lowest BCUT2D eigenvalue weighted by molar-refractivity contribution is 0.118. The Morgan fingerprint density at radius 1 is 1.24 bits per heavy atom. The van der Waals surface area contributed by atoms with Crippen LogP contribution in [0, 0.1) is 0 Å². The van der Waals surface area contributed by atoms with Crippen molar-refractivity contribution in [1.29, 1.82) is 0 Å². The molecule has 1 heterocycles. The van der Waals surface area contributed by atoms with Crippen LogP contribution in [-0.2, 0) is 6.54 Å². The van der Waals surface area contributed by atoms with Gasteiger partial charge in [-0.3, -0.25) is 4.90 Å². The Labute approximate surface area is 128 Å². The van der Waals surface area contributed by atoms with Crippen LogP contribution >= 0.6 is 0 Å². The first-order valence-electron chi connectivity index (χ1n) is 8.07. The summed E-state index contributed by atoms with van der Waals surface area (Å²) in [6.45, 7) is 8.19. The summed E-state index contributed by atoms with van der Waals surface area (Å²) >= 11 is 0. The Morgan fingerprint density at radius 2 is 1.90 bits per heavy atom. The number of piperidine rings is 1. The molecule has 1 aromatic rings. The van der Waals surface area contributed by atoms with E-state index in [9.17, 15) is 0 Å². The van der Waals surface area contributed by atoms with Gasteiger partial charge in [-0.05, 0) is 57.2 Å². The molecule has 1 aliphatic heterocycles. The normalized spacial score (nSPS) is 17.3. The zero-order valence-electron chi connectivity index (χ0n) is 13.4. The second-order valence-corrected chi connectivity index (χ2v) is 5.84. The molecule has 0 saturated carbocycles. The van der Waals surface area contributed by atoms with Crippen molar-refractivity contribution >= 4 is 0 Å². The highest BCUT2D eigenvalue weighted by Gasteiger charge is 2.21. The van der Waals surface area contributed by atoms with E-state index in [1.54, 1.807) is 0 Å². The van der Waals surface area contributed by atoms with E-state index in [0.717, 1.165) is 24.5 Å². The lowest BCUT2D eigenvalue weighted by atomic mass is 10.0. The molecule has 1 aliphatic rings. The summed E-state index contributed by atoms with van der Waals surface area (Å²) in [5.41, 5.74) is 6.73. The summed E-state index contributed by atoms with van der Waals surface area (Å²) in [5, 5.41) is 0. The second kappa shape index (κ2) is 8.37. The Bertz CT molecular complexity index is 399. The van der Waals surface area contributed by atoms with E-state index < -0.39 is 0 Å². The molecule has 4 heteroatoms. The van der Waals surface area contributed by atoms with Gasteiger partial charge >= 0.3 is 0 Å². The van der Waals surface area contributed by atoms with Crippen molar-refractivity contribution < 1.29 is 4.74 Å². The van der Waals surface area contributed by atoms with E-state index in [1.807, 2.05) is 24.3 Å². The predicted molar refractivity (Wildman–Crippen MR) is 87.6 cm³/mol. The fourth-order valence-corrected chi connectivity index (χ4v) is 2.89. The summed E-state index contributed by atoms with van der Waals surface area (Å²) in [7, 11) is 2.22. The van der Waals surface area contributed by atoms with E-state index in [-0.39, 0.29) is 0 Å². The quantitative estimate of drug-likeness (QED) is 0.833. The molecule has 1 saturated heterocycles. The molecule has 0 amide bonds. The van der Waals surface area contributed by atoms with Crippen LogP contribution in [0.2, 0.25) is 0 Å². The van der Waals surface area contributed by atoms with Crippen LogP contribution in [0.1, 0.15) is 25.3 Å². The third-order valence-electron chi connectivity index (χ3n) is 4.50. The zero-order chi connectivity index (χ0) is 15.1. The van der Waals surface area contributed by atoms with Gasteiger partial charge in [-0.1, -0.05) is 19.1 Å². The molecule has 0 atom stereocenters. The van der Waals surface area contributed by atoms with Crippen LogP contribution in [0.5, 0.6) is 5.75 Å². The number of nitrogens with zero attached hydrogens (tertiary/aromatic N) is 2. The summed E-state index contributed by atoms with van der Waals surface area (Å²) in [4.78, 5) is 4.97. The van der Waals surface area contributed by atoms with Crippen LogP contribution in [0.3, 0.4) is 0 Å². The number of likely N-dealkylation sites (tertiary alicyclic amines) is 1. The number of ether oxygens (including phenoxy) is 1. The maximum atomic E-state index is 5.82. The molecule has 21 heavy (non-hydrogen) atoms. The van der Waals surface area contributed by atoms with E-state index in [0.29, 0.717) is 12.6 Å². The SMILES string of the molecule is CCN1CCC(N(C)CCOc2ccc(CN)cc2)CC1. The van der Waals surface area contributed by atoms with Crippen molar-refractivity contribution in [3.63, 3.8) is 0 Å². The molecule has 118 valence electrons. The Hall–Kier alpha value is -1.10. The monoisotopic (exact) mass is 291 g/mol. The molecular weight excluding hydrogens is 262 g/mol.